The molecule has 0 radical (unpaired) electrons. The topological polar surface area (TPSA) is 85.9 Å². The predicted octanol–water partition coefficient (Wildman–Crippen LogP) is 13.5. The van der Waals surface area contributed by atoms with E-state index in [0.717, 1.165) is 58.8 Å². The van der Waals surface area contributed by atoms with Gasteiger partial charge in [0.15, 0.2) is 23.1 Å². The summed E-state index contributed by atoms with van der Waals surface area (Å²) >= 11 is 0. The Morgan fingerprint density at radius 1 is 0.492 bits per heavy atom. The van der Waals surface area contributed by atoms with E-state index in [1.54, 1.807) is 0 Å². The van der Waals surface area contributed by atoms with Gasteiger partial charge in [0.1, 0.15) is 0 Å². The SMILES string of the molecule is CCCC[C@@H]1O[C@H]1Cc1nc(-c2ccc([C@H]3CC[C@H](CCC)CC3)cc2)ncc1Oc1cnc(-c2ccc([C@H]3CC[C@H](CCC)CC3)cc2)nc1C[C@@H]1O[C@H]1CCCC. The molecule has 2 aromatic carbocycles. The second kappa shape index (κ2) is 20.3. The smallest absolute Gasteiger partial charge is 0.167 e. The second-order valence-corrected chi connectivity index (χ2v) is 18.5. The molecule has 0 bridgehead atoms. The number of ether oxygens (including phenoxy) is 3. The Morgan fingerprint density at radius 3 is 1.27 bits per heavy atom. The van der Waals surface area contributed by atoms with Crippen molar-refractivity contribution in [1.29, 1.82) is 0 Å². The summed E-state index contributed by atoms with van der Waals surface area (Å²) in [5.74, 6) is 5.88. The van der Waals surface area contributed by atoms with Crippen LogP contribution in [0.3, 0.4) is 0 Å². The van der Waals surface area contributed by atoms with E-state index in [1.807, 2.05) is 12.4 Å². The van der Waals surface area contributed by atoms with Crippen LogP contribution in [0, 0.1) is 11.8 Å². The Morgan fingerprint density at radius 2 is 0.898 bits per heavy atom. The molecule has 2 aliphatic heterocycles. The first kappa shape index (κ1) is 42.0. The van der Waals surface area contributed by atoms with Crippen molar-refractivity contribution in [2.45, 2.75) is 192 Å². The summed E-state index contributed by atoms with van der Waals surface area (Å²) < 4.78 is 19.2. The van der Waals surface area contributed by atoms with Crippen LogP contribution < -0.4 is 4.74 Å². The highest BCUT2D eigenvalue weighted by atomic mass is 16.6. The Hall–Kier alpha value is -3.68. The molecule has 4 heterocycles. The van der Waals surface area contributed by atoms with Gasteiger partial charge in [-0.3, -0.25) is 0 Å². The van der Waals surface area contributed by atoms with Crippen molar-refractivity contribution < 1.29 is 14.2 Å². The summed E-state index contributed by atoms with van der Waals surface area (Å²) in [6.45, 7) is 9.10. The largest absolute Gasteiger partial charge is 0.450 e. The van der Waals surface area contributed by atoms with E-state index in [-0.39, 0.29) is 24.4 Å². The zero-order valence-electron chi connectivity index (χ0n) is 36.5. The maximum absolute atomic E-state index is 6.80. The molecule has 316 valence electrons. The fraction of sp³-hybridized carbons (Fsp3) is 0.615. The van der Waals surface area contributed by atoms with E-state index in [4.69, 9.17) is 34.1 Å². The summed E-state index contributed by atoms with van der Waals surface area (Å²) in [5, 5.41) is 0. The number of epoxide rings is 2. The van der Waals surface area contributed by atoms with Gasteiger partial charge in [0.2, 0.25) is 0 Å². The minimum Gasteiger partial charge on any atom is -0.450 e. The summed E-state index contributed by atoms with van der Waals surface area (Å²) in [6, 6.07) is 18.1. The van der Waals surface area contributed by atoms with E-state index < -0.39 is 0 Å². The molecule has 2 saturated heterocycles. The fourth-order valence-corrected chi connectivity index (χ4v) is 10.3. The molecule has 4 aromatic rings. The molecule has 4 aliphatic rings. The van der Waals surface area contributed by atoms with Crippen LogP contribution in [-0.2, 0) is 22.3 Å². The van der Waals surface area contributed by atoms with Gasteiger partial charge in [0.05, 0.1) is 48.2 Å². The number of hydrogen-bond donors (Lipinski definition) is 0. The second-order valence-electron chi connectivity index (χ2n) is 18.5. The molecular formula is C52H70N4O3. The molecule has 8 rings (SSSR count). The summed E-state index contributed by atoms with van der Waals surface area (Å²) in [6.07, 6.45) is 28.7. The van der Waals surface area contributed by atoms with Crippen molar-refractivity contribution in [3.8, 4) is 34.3 Å². The van der Waals surface area contributed by atoms with E-state index in [2.05, 4.69) is 76.2 Å². The molecule has 2 aliphatic carbocycles. The number of rotatable bonds is 20. The van der Waals surface area contributed by atoms with Crippen molar-refractivity contribution in [1.82, 2.24) is 19.9 Å². The highest BCUT2D eigenvalue weighted by Gasteiger charge is 2.40. The maximum atomic E-state index is 6.80. The lowest BCUT2D eigenvalue weighted by molar-refractivity contribution is 0.308. The molecule has 2 aromatic heterocycles. The lowest BCUT2D eigenvalue weighted by atomic mass is 9.77. The summed E-state index contributed by atoms with van der Waals surface area (Å²) in [4.78, 5) is 20.2. The van der Waals surface area contributed by atoms with E-state index in [1.165, 1.54) is 114 Å². The number of unbranched alkanes of at least 4 members (excludes halogenated alkanes) is 2. The summed E-state index contributed by atoms with van der Waals surface area (Å²) in [7, 11) is 0. The van der Waals surface area contributed by atoms with Gasteiger partial charge in [-0.25, -0.2) is 19.9 Å². The van der Waals surface area contributed by atoms with Gasteiger partial charge in [0, 0.05) is 24.0 Å². The van der Waals surface area contributed by atoms with Crippen molar-refractivity contribution in [3.63, 3.8) is 0 Å². The Bertz CT molecular complexity index is 1780. The van der Waals surface area contributed by atoms with Crippen molar-refractivity contribution in [2.24, 2.45) is 11.8 Å². The third kappa shape index (κ3) is 11.0. The molecule has 7 heteroatoms. The van der Waals surface area contributed by atoms with E-state index in [9.17, 15) is 0 Å². The molecule has 4 fully saturated rings. The molecule has 0 spiro atoms. The van der Waals surface area contributed by atoms with Crippen LogP contribution >= 0.6 is 0 Å². The molecule has 0 unspecified atom stereocenters. The van der Waals surface area contributed by atoms with Crippen LogP contribution in [0.4, 0.5) is 0 Å². The van der Waals surface area contributed by atoms with Crippen molar-refractivity contribution in [3.05, 3.63) is 83.4 Å². The fourth-order valence-electron chi connectivity index (χ4n) is 10.3. The Kier molecular flexibility index (Phi) is 14.4. The van der Waals surface area contributed by atoms with Gasteiger partial charge in [-0.05, 0) is 99.0 Å². The van der Waals surface area contributed by atoms with Gasteiger partial charge in [-0.15, -0.1) is 0 Å². The molecule has 0 N–H and O–H groups in total. The lowest BCUT2D eigenvalue weighted by Crippen LogP contribution is -2.13. The molecule has 7 nitrogen and oxygen atoms in total. The Labute approximate surface area is 354 Å². The van der Waals surface area contributed by atoms with Crippen molar-refractivity contribution in [2.75, 3.05) is 0 Å². The molecule has 0 amide bonds. The number of hydrogen-bond acceptors (Lipinski definition) is 7. The first-order valence-electron chi connectivity index (χ1n) is 23.9. The standard InChI is InChI=1S/C52H70N4O3/c1-5-9-13-45-47(57-45)31-43-49(33-53-51(55-43)41-27-23-39(24-28-41)37-19-15-35(11-7-3)16-20-37)59-50-34-54-52(56-44(50)32-48-46(58-48)14-10-6-2)42-29-25-40(26-30-42)38-21-17-36(12-8-4)18-22-38/h23-30,33-38,45-48H,5-22,31-32H2,1-4H3/t35-,36-,37-,38-,45-,46-,47-,48-/m0/s1. The zero-order valence-corrected chi connectivity index (χ0v) is 36.5. The van der Waals surface area contributed by atoms with Gasteiger partial charge < -0.3 is 14.2 Å². The minimum atomic E-state index is 0.142. The highest BCUT2D eigenvalue weighted by Crippen LogP contribution is 2.41. The van der Waals surface area contributed by atoms with Gasteiger partial charge in [-0.1, -0.05) is 128 Å². The first-order chi connectivity index (χ1) is 29.0. The molecule has 2 saturated carbocycles. The van der Waals surface area contributed by atoms with Crippen LogP contribution in [0.5, 0.6) is 11.5 Å². The monoisotopic (exact) mass is 799 g/mol. The first-order valence-corrected chi connectivity index (χ1v) is 23.9. The molecule has 4 atom stereocenters. The predicted molar refractivity (Wildman–Crippen MR) is 238 cm³/mol. The number of benzene rings is 2. The lowest BCUT2D eigenvalue weighted by Gasteiger charge is -2.28. The number of nitrogens with zero attached hydrogens (tertiary/aromatic N) is 4. The van der Waals surface area contributed by atoms with Crippen LogP contribution in [-0.4, -0.2) is 44.4 Å². The third-order valence-corrected chi connectivity index (χ3v) is 14.1. The van der Waals surface area contributed by atoms with Crippen LogP contribution in [0.1, 0.15) is 178 Å². The quantitative estimate of drug-likeness (QED) is 0.0823. The van der Waals surface area contributed by atoms with Crippen molar-refractivity contribution >= 4 is 0 Å². The van der Waals surface area contributed by atoms with Crippen LogP contribution in [0.25, 0.3) is 22.8 Å². The van der Waals surface area contributed by atoms with Gasteiger partial charge in [0.25, 0.3) is 0 Å². The summed E-state index contributed by atoms with van der Waals surface area (Å²) in [5.41, 5.74) is 6.70. The van der Waals surface area contributed by atoms with Gasteiger partial charge >= 0.3 is 0 Å². The normalized spacial score (nSPS) is 26.4. The van der Waals surface area contributed by atoms with E-state index >= 15 is 0 Å². The highest BCUT2D eigenvalue weighted by molar-refractivity contribution is 5.58. The zero-order chi connectivity index (χ0) is 40.6. The van der Waals surface area contributed by atoms with E-state index in [0.29, 0.717) is 36.2 Å². The third-order valence-electron chi connectivity index (χ3n) is 14.1. The molecule has 59 heavy (non-hydrogen) atoms. The van der Waals surface area contributed by atoms with Crippen LogP contribution in [0.15, 0.2) is 60.9 Å². The minimum absolute atomic E-state index is 0.142. The maximum Gasteiger partial charge on any atom is 0.167 e. The average molecular weight is 799 g/mol. The number of aromatic nitrogens is 4. The average Bonchev–Trinajstić information content (AvgIpc) is 4.21. The van der Waals surface area contributed by atoms with Crippen LogP contribution in [0.2, 0.25) is 0 Å². The molecular weight excluding hydrogens is 729 g/mol. The Balaban J connectivity index is 1.02. The van der Waals surface area contributed by atoms with Gasteiger partial charge in [-0.2, -0.15) is 0 Å².